The average Bonchev–Trinajstić information content (AvgIpc) is 2.00. The van der Waals surface area contributed by atoms with Gasteiger partial charge in [-0.2, -0.15) is 0 Å². The number of esters is 1. The van der Waals surface area contributed by atoms with E-state index in [0.717, 1.165) is 5.57 Å². The molecule has 0 aliphatic carbocycles. The zero-order valence-electron chi connectivity index (χ0n) is 7.26. The summed E-state index contributed by atoms with van der Waals surface area (Å²) < 4.78 is 4.50. The van der Waals surface area contributed by atoms with Gasteiger partial charge in [0.15, 0.2) is 0 Å². The van der Waals surface area contributed by atoms with Crippen LogP contribution in [0.1, 0.15) is 20.3 Å². The van der Waals surface area contributed by atoms with Crippen molar-refractivity contribution >= 4 is 5.97 Å². The van der Waals surface area contributed by atoms with Crippen LogP contribution in [-0.2, 0) is 9.53 Å². The highest BCUT2D eigenvalue weighted by Gasteiger charge is 1.98. The minimum absolute atomic E-state index is 0.191. The molecule has 0 aromatic heterocycles. The number of allylic oxidation sites excluding steroid dienone is 3. The first-order valence-corrected chi connectivity index (χ1v) is 3.56. The van der Waals surface area contributed by atoms with Crippen molar-refractivity contribution in [1.82, 2.24) is 0 Å². The third kappa shape index (κ3) is 5.40. The second-order valence-electron chi connectivity index (χ2n) is 2.29. The van der Waals surface area contributed by atoms with E-state index in [1.54, 1.807) is 0 Å². The Morgan fingerprint density at radius 3 is 2.64 bits per heavy atom. The summed E-state index contributed by atoms with van der Waals surface area (Å²) in [6.07, 6.45) is 6.09. The predicted octanol–water partition coefficient (Wildman–Crippen LogP) is 2.07. The van der Waals surface area contributed by atoms with Crippen LogP contribution in [0.3, 0.4) is 0 Å². The summed E-state index contributed by atoms with van der Waals surface area (Å²) in [5, 5.41) is 0. The Bertz CT molecular complexity index is 178. The number of methoxy groups -OCH3 is 1. The highest BCUT2D eigenvalue weighted by atomic mass is 16.5. The Balaban J connectivity index is 3.85. The van der Waals surface area contributed by atoms with Gasteiger partial charge in [-0.15, -0.1) is 0 Å². The van der Waals surface area contributed by atoms with Gasteiger partial charge in [-0.05, 0) is 13.8 Å². The van der Waals surface area contributed by atoms with Crippen LogP contribution in [0.4, 0.5) is 0 Å². The summed E-state index contributed by atoms with van der Waals surface area (Å²) in [7, 11) is 1.39. The summed E-state index contributed by atoms with van der Waals surface area (Å²) in [4.78, 5) is 10.7. The van der Waals surface area contributed by atoms with Crippen molar-refractivity contribution in [2.75, 3.05) is 7.11 Å². The van der Waals surface area contributed by atoms with Gasteiger partial charge in [0.2, 0.25) is 0 Å². The molecule has 62 valence electrons. The molecule has 0 spiro atoms. The largest absolute Gasteiger partial charge is 0.469 e. The molecule has 0 unspecified atom stereocenters. The molecule has 0 bridgehead atoms. The van der Waals surface area contributed by atoms with E-state index in [9.17, 15) is 4.79 Å². The molecule has 0 amide bonds. The molecular formula is C9H14O2. The lowest BCUT2D eigenvalue weighted by Gasteiger charge is -1.96. The van der Waals surface area contributed by atoms with Crippen LogP contribution in [0.2, 0.25) is 0 Å². The molecular weight excluding hydrogens is 140 g/mol. The first-order valence-electron chi connectivity index (χ1n) is 3.56. The van der Waals surface area contributed by atoms with Crippen LogP contribution in [0.25, 0.3) is 0 Å². The second-order valence-corrected chi connectivity index (χ2v) is 2.29. The minimum Gasteiger partial charge on any atom is -0.469 e. The van der Waals surface area contributed by atoms with E-state index in [2.05, 4.69) is 4.74 Å². The van der Waals surface area contributed by atoms with Gasteiger partial charge in [0.1, 0.15) is 0 Å². The second kappa shape index (κ2) is 5.71. The van der Waals surface area contributed by atoms with Crippen molar-refractivity contribution in [2.45, 2.75) is 20.3 Å². The van der Waals surface area contributed by atoms with Crippen LogP contribution >= 0.6 is 0 Å². The van der Waals surface area contributed by atoms with Gasteiger partial charge in [0.05, 0.1) is 13.5 Å². The van der Waals surface area contributed by atoms with Crippen molar-refractivity contribution in [1.29, 1.82) is 0 Å². The molecule has 0 atom stereocenters. The molecule has 0 saturated carbocycles. The van der Waals surface area contributed by atoms with Crippen molar-refractivity contribution in [3.8, 4) is 0 Å². The molecule has 0 radical (unpaired) electrons. The van der Waals surface area contributed by atoms with E-state index in [0.29, 0.717) is 6.42 Å². The predicted molar refractivity (Wildman–Crippen MR) is 45.2 cm³/mol. The fraction of sp³-hybridized carbons (Fsp3) is 0.444. The fourth-order valence-corrected chi connectivity index (χ4v) is 0.619. The SMILES string of the molecule is C/C=C\C=C(/C)CC(=O)OC. The van der Waals surface area contributed by atoms with Crippen LogP contribution in [0.5, 0.6) is 0 Å². The van der Waals surface area contributed by atoms with Gasteiger partial charge in [-0.25, -0.2) is 0 Å². The molecule has 0 aliphatic heterocycles. The number of hydrogen-bond acceptors (Lipinski definition) is 2. The quantitative estimate of drug-likeness (QED) is 0.459. The van der Waals surface area contributed by atoms with E-state index < -0.39 is 0 Å². The lowest BCUT2D eigenvalue weighted by atomic mass is 10.2. The summed E-state index contributed by atoms with van der Waals surface area (Å²) >= 11 is 0. The molecule has 0 aromatic carbocycles. The van der Waals surface area contributed by atoms with Crippen molar-refractivity contribution in [3.63, 3.8) is 0 Å². The summed E-state index contributed by atoms with van der Waals surface area (Å²) in [5.74, 6) is -0.191. The number of hydrogen-bond donors (Lipinski definition) is 0. The van der Waals surface area contributed by atoms with Crippen LogP contribution in [0, 0.1) is 0 Å². The van der Waals surface area contributed by atoms with Crippen LogP contribution in [0.15, 0.2) is 23.8 Å². The topological polar surface area (TPSA) is 26.3 Å². The highest BCUT2D eigenvalue weighted by Crippen LogP contribution is 2.00. The van der Waals surface area contributed by atoms with E-state index in [1.165, 1.54) is 7.11 Å². The van der Waals surface area contributed by atoms with Gasteiger partial charge < -0.3 is 4.74 Å². The first-order chi connectivity index (χ1) is 5.20. The Kier molecular flexibility index (Phi) is 5.17. The molecule has 0 heterocycles. The molecule has 0 aromatic rings. The third-order valence-electron chi connectivity index (χ3n) is 1.22. The molecule has 2 nitrogen and oxygen atoms in total. The lowest BCUT2D eigenvalue weighted by Crippen LogP contribution is -1.99. The number of carbonyl (C=O) groups excluding carboxylic acids is 1. The van der Waals surface area contributed by atoms with E-state index >= 15 is 0 Å². The first kappa shape index (κ1) is 9.95. The van der Waals surface area contributed by atoms with Crippen LogP contribution < -0.4 is 0 Å². The van der Waals surface area contributed by atoms with Crippen molar-refractivity contribution in [3.05, 3.63) is 23.8 Å². The van der Waals surface area contributed by atoms with Gasteiger partial charge in [0, 0.05) is 0 Å². The maximum atomic E-state index is 10.7. The molecule has 0 saturated heterocycles. The average molecular weight is 154 g/mol. The normalized spacial score (nSPS) is 12.1. The molecule has 2 heteroatoms. The maximum Gasteiger partial charge on any atom is 0.309 e. The monoisotopic (exact) mass is 154 g/mol. The van der Waals surface area contributed by atoms with E-state index in [1.807, 2.05) is 32.1 Å². The highest BCUT2D eigenvalue weighted by molar-refractivity contribution is 5.72. The minimum atomic E-state index is -0.191. The van der Waals surface area contributed by atoms with Crippen LogP contribution in [-0.4, -0.2) is 13.1 Å². The van der Waals surface area contributed by atoms with E-state index in [4.69, 9.17) is 0 Å². The fourth-order valence-electron chi connectivity index (χ4n) is 0.619. The number of carbonyl (C=O) groups is 1. The smallest absolute Gasteiger partial charge is 0.309 e. The Morgan fingerprint density at radius 2 is 2.18 bits per heavy atom. The Morgan fingerprint density at radius 1 is 1.55 bits per heavy atom. The van der Waals surface area contributed by atoms with Gasteiger partial charge in [-0.3, -0.25) is 4.79 Å². The molecule has 0 aliphatic rings. The van der Waals surface area contributed by atoms with Crippen molar-refractivity contribution in [2.24, 2.45) is 0 Å². The van der Waals surface area contributed by atoms with Gasteiger partial charge in [0.25, 0.3) is 0 Å². The summed E-state index contributed by atoms with van der Waals surface area (Å²) in [5.41, 5.74) is 1.01. The van der Waals surface area contributed by atoms with Crippen molar-refractivity contribution < 1.29 is 9.53 Å². The Hall–Kier alpha value is -1.05. The lowest BCUT2D eigenvalue weighted by molar-refractivity contribution is -0.139. The molecule has 11 heavy (non-hydrogen) atoms. The zero-order chi connectivity index (χ0) is 8.69. The summed E-state index contributed by atoms with van der Waals surface area (Å²) in [6.45, 7) is 3.83. The third-order valence-corrected chi connectivity index (χ3v) is 1.22. The number of ether oxygens (including phenoxy) is 1. The Labute approximate surface area is 67.6 Å². The summed E-state index contributed by atoms with van der Waals surface area (Å²) in [6, 6.07) is 0. The number of rotatable bonds is 3. The van der Waals surface area contributed by atoms with Gasteiger partial charge >= 0.3 is 5.97 Å². The molecule has 0 rings (SSSR count). The molecule has 0 fully saturated rings. The standard InChI is InChI=1S/C9H14O2/c1-4-5-6-8(2)7-9(10)11-3/h4-6H,7H2,1-3H3/b5-4-,8-6+. The molecule has 0 N–H and O–H groups in total. The van der Waals surface area contributed by atoms with Gasteiger partial charge in [-0.1, -0.05) is 23.8 Å². The maximum absolute atomic E-state index is 10.7. The van der Waals surface area contributed by atoms with E-state index in [-0.39, 0.29) is 5.97 Å². The zero-order valence-corrected chi connectivity index (χ0v) is 7.26.